The molecule has 0 aromatic heterocycles. The van der Waals surface area contributed by atoms with Crippen LogP contribution in [-0.4, -0.2) is 19.1 Å². The van der Waals surface area contributed by atoms with Crippen molar-refractivity contribution >= 4 is 5.69 Å². The molecule has 1 fully saturated rings. The van der Waals surface area contributed by atoms with Gasteiger partial charge in [-0.25, -0.2) is 4.39 Å². The predicted octanol–water partition coefficient (Wildman–Crippen LogP) is 3.17. The van der Waals surface area contributed by atoms with Crippen molar-refractivity contribution < 1.29 is 4.39 Å². The Hall–Kier alpha value is -1.09. The molecule has 3 heteroatoms. The fourth-order valence-electron chi connectivity index (χ4n) is 3.22. The maximum atomic E-state index is 13.9. The summed E-state index contributed by atoms with van der Waals surface area (Å²) < 4.78 is 13.9. The van der Waals surface area contributed by atoms with Crippen LogP contribution < -0.4 is 10.6 Å². The molecular weight excluding hydrogens is 227 g/mol. The van der Waals surface area contributed by atoms with Crippen LogP contribution in [0.5, 0.6) is 0 Å². The quantitative estimate of drug-likeness (QED) is 0.892. The molecule has 100 valence electrons. The fourth-order valence-corrected chi connectivity index (χ4v) is 3.22. The van der Waals surface area contributed by atoms with E-state index in [0.717, 1.165) is 19.3 Å². The van der Waals surface area contributed by atoms with Gasteiger partial charge in [0.15, 0.2) is 0 Å². The fraction of sp³-hybridized carbons (Fsp3) is 0.600. The minimum absolute atomic E-state index is 0.105. The Kier molecular flexibility index (Phi) is 3.37. The normalized spacial score (nSPS) is 26.3. The molecule has 2 rings (SSSR count). The van der Waals surface area contributed by atoms with Crippen LogP contribution in [0.25, 0.3) is 0 Å². The standard InChI is InChI=1S/C15H23FN2/c1-14(2)8-9-15(10-14,11-17)18(3)13-7-5-4-6-12(13)16/h4-7H,8-11,17H2,1-3H3. The SMILES string of the molecule is CN(c1ccccc1F)C1(CN)CCC(C)(C)C1. The van der Waals surface area contributed by atoms with E-state index < -0.39 is 0 Å². The van der Waals surface area contributed by atoms with Gasteiger partial charge in [0.25, 0.3) is 0 Å². The van der Waals surface area contributed by atoms with Crippen LogP contribution in [0.4, 0.5) is 10.1 Å². The second kappa shape index (κ2) is 4.54. The number of hydrogen-bond acceptors (Lipinski definition) is 2. The van der Waals surface area contributed by atoms with Crippen molar-refractivity contribution in [1.82, 2.24) is 0 Å². The third-order valence-corrected chi connectivity index (χ3v) is 4.38. The molecule has 0 heterocycles. The van der Waals surface area contributed by atoms with Crippen molar-refractivity contribution in [3.05, 3.63) is 30.1 Å². The minimum atomic E-state index is -0.169. The van der Waals surface area contributed by atoms with Gasteiger partial charge in [0.1, 0.15) is 5.82 Å². The molecule has 18 heavy (non-hydrogen) atoms. The van der Waals surface area contributed by atoms with Gasteiger partial charge < -0.3 is 10.6 Å². The molecule has 2 N–H and O–H groups in total. The van der Waals surface area contributed by atoms with E-state index in [4.69, 9.17) is 5.73 Å². The van der Waals surface area contributed by atoms with Gasteiger partial charge in [0.2, 0.25) is 0 Å². The summed E-state index contributed by atoms with van der Waals surface area (Å²) >= 11 is 0. The van der Waals surface area contributed by atoms with E-state index in [0.29, 0.717) is 17.6 Å². The molecule has 0 bridgehead atoms. The monoisotopic (exact) mass is 250 g/mol. The summed E-state index contributed by atoms with van der Waals surface area (Å²) in [5.74, 6) is -0.169. The second-order valence-corrected chi connectivity index (χ2v) is 6.28. The van der Waals surface area contributed by atoms with Gasteiger partial charge >= 0.3 is 0 Å². The number of hydrogen-bond donors (Lipinski definition) is 1. The summed E-state index contributed by atoms with van der Waals surface area (Å²) in [6, 6.07) is 6.94. The molecule has 0 spiro atoms. The maximum absolute atomic E-state index is 13.9. The van der Waals surface area contributed by atoms with Gasteiger partial charge in [-0.05, 0) is 36.8 Å². The molecule has 0 aliphatic heterocycles. The first kappa shape index (κ1) is 13.3. The van der Waals surface area contributed by atoms with E-state index >= 15 is 0 Å². The lowest BCUT2D eigenvalue weighted by molar-refractivity contribution is 0.330. The van der Waals surface area contributed by atoms with Crippen molar-refractivity contribution in [2.45, 2.75) is 38.6 Å². The summed E-state index contributed by atoms with van der Waals surface area (Å²) in [6.07, 6.45) is 3.19. The number of likely N-dealkylation sites (N-methyl/N-ethyl adjacent to an activating group) is 1. The Morgan fingerprint density at radius 2 is 1.94 bits per heavy atom. The number of rotatable bonds is 3. The molecule has 1 aliphatic rings. The van der Waals surface area contributed by atoms with E-state index in [1.54, 1.807) is 6.07 Å². The average Bonchev–Trinajstić information content (AvgIpc) is 2.66. The average molecular weight is 250 g/mol. The third kappa shape index (κ3) is 2.24. The number of nitrogens with two attached hydrogens (primary N) is 1. The number of halogens is 1. The number of benzene rings is 1. The zero-order valence-corrected chi connectivity index (χ0v) is 11.5. The summed E-state index contributed by atoms with van der Waals surface area (Å²) in [5, 5.41) is 0. The Morgan fingerprint density at radius 1 is 1.28 bits per heavy atom. The number of anilines is 1. The zero-order chi connectivity index (χ0) is 13.4. The van der Waals surface area contributed by atoms with Crippen LogP contribution in [0.15, 0.2) is 24.3 Å². The molecule has 1 unspecified atom stereocenters. The molecule has 1 saturated carbocycles. The molecule has 1 atom stereocenters. The third-order valence-electron chi connectivity index (χ3n) is 4.38. The van der Waals surface area contributed by atoms with Gasteiger partial charge in [-0.2, -0.15) is 0 Å². The van der Waals surface area contributed by atoms with Crippen LogP contribution in [0.1, 0.15) is 33.1 Å². The van der Waals surface area contributed by atoms with Crippen molar-refractivity contribution in [1.29, 1.82) is 0 Å². The molecule has 0 radical (unpaired) electrons. The van der Waals surface area contributed by atoms with Crippen molar-refractivity contribution in [3.8, 4) is 0 Å². The highest BCUT2D eigenvalue weighted by molar-refractivity contribution is 5.50. The van der Waals surface area contributed by atoms with Crippen LogP contribution in [0.3, 0.4) is 0 Å². The number of para-hydroxylation sites is 1. The van der Waals surface area contributed by atoms with E-state index in [1.165, 1.54) is 6.07 Å². The van der Waals surface area contributed by atoms with E-state index in [-0.39, 0.29) is 11.4 Å². The summed E-state index contributed by atoms with van der Waals surface area (Å²) in [5.41, 5.74) is 6.85. The lowest BCUT2D eigenvalue weighted by atomic mass is 9.86. The molecule has 2 nitrogen and oxygen atoms in total. The first-order chi connectivity index (χ1) is 8.40. The minimum Gasteiger partial charge on any atom is -0.365 e. The highest BCUT2D eigenvalue weighted by Crippen LogP contribution is 2.47. The Labute approximate surface area is 109 Å². The van der Waals surface area contributed by atoms with E-state index in [2.05, 4.69) is 18.7 Å². The highest BCUT2D eigenvalue weighted by Gasteiger charge is 2.45. The van der Waals surface area contributed by atoms with E-state index in [1.807, 2.05) is 19.2 Å². The zero-order valence-electron chi connectivity index (χ0n) is 11.5. The largest absolute Gasteiger partial charge is 0.365 e. The lowest BCUT2D eigenvalue weighted by Crippen LogP contribution is -2.51. The first-order valence-corrected chi connectivity index (χ1v) is 6.59. The van der Waals surface area contributed by atoms with Crippen LogP contribution in [0, 0.1) is 11.2 Å². The molecule has 1 aromatic carbocycles. The Bertz CT molecular complexity index is 430. The van der Waals surface area contributed by atoms with Gasteiger partial charge in [-0.15, -0.1) is 0 Å². The Balaban J connectivity index is 2.32. The van der Waals surface area contributed by atoms with Crippen molar-refractivity contribution in [3.63, 3.8) is 0 Å². The first-order valence-electron chi connectivity index (χ1n) is 6.59. The van der Waals surface area contributed by atoms with Crippen molar-refractivity contribution in [2.75, 3.05) is 18.5 Å². The molecular formula is C15H23FN2. The van der Waals surface area contributed by atoms with Crippen LogP contribution in [0.2, 0.25) is 0 Å². The van der Waals surface area contributed by atoms with Crippen LogP contribution in [-0.2, 0) is 0 Å². The predicted molar refractivity (Wildman–Crippen MR) is 74.2 cm³/mol. The second-order valence-electron chi connectivity index (χ2n) is 6.28. The van der Waals surface area contributed by atoms with Gasteiger partial charge in [-0.1, -0.05) is 26.0 Å². The maximum Gasteiger partial charge on any atom is 0.146 e. The van der Waals surface area contributed by atoms with Gasteiger partial charge in [0, 0.05) is 13.6 Å². The summed E-state index contributed by atoms with van der Waals surface area (Å²) in [7, 11) is 1.96. The van der Waals surface area contributed by atoms with Crippen LogP contribution >= 0.6 is 0 Å². The highest BCUT2D eigenvalue weighted by atomic mass is 19.1. The number of nitrogens with zero attached hydrogens (tertiary/aromatic N) is 1. The molecule has 0 saturated heterocycles. The molecule has 0 amide bonds. The smallest absolute Gasteiger partial charge is 0.146 e. The summed E-state index contributed by atoms with van der Waals surface area (Å²) in [4.78, 5) is 2.05. The van der Waals surface area contributed by atoms with Gasteiger partial charge in [0.05, 0.1) is 11.2 Å². The summed E-state index contributed by atoms with van der Waals surface area (Å²) in [6.45, 7) is 5.10. The van der Waals surface area contributed by atoms with Crippen molar-refractivity contribution in [2.24, 2.45) is 11.1 Å². The lowest BCUT2D eigenvalue weighted by Gasteiger charge is -2.41. The van der Waals surface area contributed by atoms with Gasteiger partial charge in [-0.3, -0.25) is 0 Å². The van der Waals surface area contributed by atoms with E-state index in [9.17, 15) is 4.39 Å². The molecule has 1 aromatic rings. The Morgan fingerprint density at radius 3 is 2.44 bits per heavy atom. The molecule has 1 aliphatic carbocycles. The topological polar surface area (TPSA) is 29.3 Å².